The average Bonchev–Trinajstić information content (AvgIpc) is 2.11. The summed E-state index contributed by atoms with van der Waals surface area (Å²) < 4.78 is 0. The van der Waals surface area contributed by atoms with Crippen LogP contribution in [0.2, 0.25) is 0 Å². The van der Waals surface area contributed by atoms with Gasteiger partial charge in [-0.2, -0.15) is 0 Å². The second-order valence-electron chi connectivity index (χ2n) is 5.44. The second kappa shape index (κ2) is 5.64. The van der Waals surface area contributed by atoms with Gasteiger partial charge in [0, 0.05) is 6.54 Å². The van der Waals surface area contributed by atoms with Crippen molar-refractivity contribution < 1.29 is 4.79 Å². The molecule has 4 nitrogen and oxygen atoms in total. The van der Waals surface area contributed by atoms with Gasteiger partial charge in [0.1, 0.15) is 0 Å². The van der Waals surface area contributed by atoms with E-state index in [-0.39, 0.29) is 0 Å². The molecule has 0 bridgehead atoms. The van der Waals surface area contributed by atoms with Gasteiger partial charge in [0.15, 0.2) is 0 Å². The summed E-state index contributed by atoms with van der Waals surface area (Å²) in [6.07, 6.45) is 5.73. The van der Waals surface area contributed by atoms with Gasteiger partial charge in [-0.25, -0.2) is 0 Å². The number of amides is 1. The van der Waals surface area contributed by atoms with Gasteiger partial charge in [-0.15, -0.1) is 0 Å². The van der Waals surface area contributed by atoms with E-state index >= 15 is 0 Å². The molecule has 1 aliphatic carbocycles. The number of nitrogens with two attached hydrogens (primary N) is 2. The fourth-order valence-corrected chi connectivity index (χ4v) is 2.05. The number of rotatable bonds is 7. The SMILES string of the molecule is CN(CCCC(C)(N)C(N)=O)CC1CCC1. The average molecular weight is 227 g/mol. The van der Waals surface area contributed by atoms with E-state index in [0.29, 0.717) is 6.42 Å². The molecule has 1 fully saturated rings. The maximum atomic E-state index is 11.0. The van der Waals surface area contributed by atoms with Crippen LogP contribution in [0.3, 0.4) is 0 Å². The highest BCUT2D eigenvalue weighted by molar-refractivity contribution is 5.83. The lowest BCUT2D eigenvalue weighted by Gasteiger charge is -2.30. The van der Waals surface area contributed by atoms with Crippen LogP contribution in [-0.4, -0.2) is 36.5 Å². The maximum Gasteiger partial charge on any atom is 0.237 e. The summed E-state index contributed by atoms with van der Waals surface area (Å²) in [5.41, 5.74) is 10.2. The van der Waals surface area contributed by atoms with Gasteiger partial charge in [0.05, 0.1) is 5.54 Å². The highest BCUT2D eigenvalue weighted by atomic mass is 16.1. The molecule has 0 aliphatic heterocycles. The summed E-state index contributed by atoms with van der Waals surface area (Å²) in [5, 5.41) is 0. The Morgan fingerprint density at radius 1 is 1.50 bits per heavy atom. The third-order valence-electron chi connectivity index (χ3n) is 3.59. The Morgan fingerprint density at radius 3 is 2.56 bits per heavy atom. The van der Waals surface area contributed by atoms with Crippen molar-refractivity contribution in [3.63, 3.8) is 0 Å². The van der Waals surface area contributed by atoms with Crippen LogP contribution < -0.4 is 11.5 Å². The highest BCUT2D eigenvalue weighted by Crippen LogP contribution is 2.26. The molecule has 0 spiro atoms. The van der Waals surface area contributed by atoms with Crippen LogP contribution in [0.4, 0.5) is 0 Å². The summed E-state index contributed by atoms with van der Waals surface area (Å²) in [5.74, 6) is 0.486. The maximum absolute atomic E-state index is 11.0. The summed E-state index contributed by atoms with van der Waals surface area (Å²) in [6.45, 7) is 3.88. The van der Waals surface area contributed by atoms with Crippen molar-refractivity contribution >= 4 is 5.91 Å². The predicted molar refractivity (Wildman–Crippen MR) is 65.9 cm³/mol. The van der Waals surface area contributed by atoms with Crippen LogP contribution in [0.25, 0.3) is 0 Å². The molecule has 1 unspecified atom stereocenters. The Kier molecular flexibility index (Phi) is 4.74. The Balaban J connectivity index is 2.11. The van der Waals surface area contributed by atoms with Crippen LogP contribution >= 0.6 is 0 Å². The quantitative estimate of drug-likeness (QED) is 0.672. The van der Waals surface area contributed by atoms with E-state index in [1.54, 1.807) is 6.92 Å². The van der Waals surface area contributed by atoms with E-state index in [0.717, 1.165) is 18.9 Å². The number of hydrogen-bond donors (Lipinski definition) is 2. The number of carbonyl (C=O) groups excluding carboxylic acids is 1. The lowest BCUT2D eigenvalue weighted by Crippen LogP contribution is -2.49. The van der Waals surface area contributed by atoms with E-state index < -0.39 is 11.4 Å². The predicted octanol–water partition coefficient (Wildman–Crippen LogP) is 0.701. The van der Waals surface area contributed by atoms with Crippen molar-refractivity contribution in [3.8, 4) is 0 Å². The molecular formula is C12H25N3O. The van der Waals surface area contributed by atoms with Gasteiger partial charge in [-0.3, -0.25) is 4.79 Å². The minimum atomic E-state index is -0.850. The van der Waals surface area contributed by atoms with E-state index in [4.69, 9.17) is 11.5 Å². The van der Waals surface area contributed by atoms with Crippen LogP contribution in [0.5, 0.6) is 0 Å². The van der Waals surface area contributed by atoms with Crippen molar-refractivity contribution in [2.45, 2.75) is 44.6 Å². The van der Waals surface area contributed by atoms with Gasteiger partial charge in [0.25, 0.3) is 0 Å². The lowest BCUT2D eigenvalue weighted by molar-refractivity contribution is -0.122. The molecule has 94 valence electrons. The molecule has 0 heterocycles. The molecule has 1 saturated carbocycles. The second-order valence-corrected chi connectivity index (χ2v) is 5.44. The first-order valence-electron chi connectivity index (χ1n) is 6.19. The normalized spacial score (nSPS) is 20.5. The van der Waals surface area contributed by atoms with Crippen LogP contribution in [0, 0.1) is 5.92 Å². The van der Waals surface area contributed by atoms with E-state index in [1.807, 2.05) is 0 Å². The standard InChI is InChI=1S/C12H25N3O/c1-12(14,11(13)16)7-4-8-15(2)9-10-5-3-6-10/h10H,3-9,14H2,1-2H3,(H2,13,16). The van der Waals surface area contributed by atoms with Gasteiger partial charge >= 0.3 is 0 Å². The van der Waals surface area contributed by atoms with Crippen molar-refractivity contribution in [1.29, 1.82) is 0 Å². The van der Waals surface area contributed by atoms with Crippen molar-refractivity contribution in [3.05, 3.63) is 0 Å². The first-order valence-corrected chi connectivity index (χ1v) is 6.19. The third-order valence-corrected chi connectivity index (χ3v) is 3.59. The Hall–Kier alpha value is -0.610. The molecular weight excluding hydrogens is 202 g/mol. The molecule has 0 saturated heterocycles. The Bertz CT molecular complexity index is 236. The zero-order valence-corrected chi connectivity index (χ0v) is 10.5. The van der Waals surface area contributed by atoms with Crippen molar-refractivity contribution in [2.24, 2.45) is 17.4 Å². The molecule has 4 N–H and O–H groups in total. The van der Waals surface area contributed by atoms with Gasteiger partial charge in [-0.1, -0.05) is 6.42 Å². The smallest absolute Gasteiger partial charge is 0.237 e. The molecule has 0 radical (unpaired) electrons. The molecule has 1 aliphatic rings. The number of hydrogen-bond acceptors (Lipinski definition) is 3. The van der Waals surface area contributed by atoms with Crippen molar-refractivity contribution in [2.75, 3.05) is 20.1 Å². The monoisotopic (exact) mass is 227 g/mol. The van der Waals surface area contributed by atoms with Crippen molar-refractivity contribution in [1.82, 2.24) is 4.90 Å². The molecule has 1 atom stereocenters. The zero-order valence-electron chi connectivity index (χ0n) is 10.5. The summed E-state index contributed by atoms with van der Waals surface area (Å²) in [4.78, 5) is 13.3. The molecule has 0 aromatic carbocycles. The summed E-state index contributed by atoms with van der Waals surface area (Å²) in [6, 6.07) is 0. The summed E-state index contributed by atoms with van der Waals surface area (Å²) >= 11 is 0. The van der Waals surface area contributed by atoms with Gasteiger partial charge < -0.3 is 16.4 Å². The number of primary amides is 1. The van der Waals surface area contributed by atoms with E-state index in [9.17, 15) is 4.79 Å². The van der Waals surface area contributed by atoms with E-state index in [2.05, 4.69) is 11.9 Å². The molecule has 0 aromatic heterocycles. The fraction of sp³-hybridized carbons (Fsp3) is 0.917. The Morgan fingerprint density at radius 2 is 2.12 bits per heavy atom. The Labute approximate surface area is 98.3 Å². The molecule has 0 aromatic rings. The third kappa shape index (κ3) is 4.10. The number of carbonyl (C=O) groups is 1. The van der Waals surface area contributed by atoms with Gasteiger partial charge in [0.2, 0.25) is 5.91 Å². The minimum absolute atomic E-state index is 0.408. The summed E-state index contributed by atoms with van der Waals surface area (Å²) in [7, 11) is 2.14. The van der Waals surface area contributed by atoms with E-state index in [1.165, 1.54) is 25.8 Å². The first-order chi connectivity index (χ1) is 7.42. The molecule has 4 heteroatoms. The highest BCUT2D eigenvalue weighted by Gasteiger charge is 2.25. The first kappa shape index (κ1) is 13.5. The van der Waals surface area contributed by atoms with Crippen LogP contribution in [0.1, 0.15) is 39.0 Å². The fourth-order valence-electron chi connectivity index (χ4n) is 2.05. The topological polar surface area (TPSA) is 72.3 Å². The molecule has 16 heavy (non-hydrogen) atoms. The lowest BCUT2D eigenvalue weighted by atomic mass is 9.85. The molecule has 1 rings (SSSR count). The molecule has 1 amide bonds. The van der Waals surface area contributed by atoms with Crippen LogP contribution in [-0.2, 0) is 4.79 Å². The van der Waals surface area contributed by atoms with Crippen LogP contribution in [0.15, 0.2) is 0 Å². The largest absolute Gasteiger partial charge is 0.368 e. The number of nitrogens with zero attached hydrogens (tertiary/aromatic N) is 1. The zero-order chi connectivity index (χ0) is 12.2. The minimum Gasteiger partial charge on any atom is -0.368 e. The van der Waals surface area contributed by atoms with Gasteiger partial charge in [-0.05, 0) is 52.1 Å².